The topological polar surface area (TPSA) is 65.1 Å². The molecule has 0 bridgehead atoms. The molecular weight excluding hydrogens is 392 g/mol. The Morgan fingerprint density at radius 2 is 1.90 bits per heavy atom. The SMILES string of the molecule is Cc1cccc2c1N(C1CCN(CC(=O)Nc3cccc(N(C)C)c3)CC1)C(=O)OC2. The number of ether oxygens (including phenoxy) is 1. The number of aryl methyl sites for hydroxylation is 1. The molecule has 1 fully saturated rings. The number of hydrogen-bond donors (Lipinski definition) is 1. The number of benzene rings is 2. The molecule has 164 valence electrons. The zero-order valence-corrected chi connectivity index (χ0v) is 18.4. The van der Waals surface area contributed by atoms with Gasteiger partial charge in [-0.05, 0) is 43.5 Å². The van der Waals surface area contributed by atoms with Gasteiger partial charge in [-0.1, -0.05) is 24.3 Å². The molecule has 2 aromatic rings. The molecule has 0 atom stereocenters. The van der Waals surface area contributed by atoms with E-state index in [1.54, 1.807) is 0 Å². The molecule has 7 heteroatoms. The lowest BCUT2D eigenvalue weighted by Gasteiger charge is -2.40. The lowest BCUT2D eigenvalue weighted by atomic mass is 9.99. The molecule has 1 N–H and O–H groups in total. The molecule has 2 aliphatic heterocycles. The Labute approximate surface area is 183 Å². The Morgan fingerprint density at radius 3 is 2.65 bits per heavy atom. The Hall–Kier alpha value is -3.06. The van der Waals surface area contributed by atoms with Gasteiger partial charge in [-0.15, -0.1) is 0 Å². The highest BCUT2D eigenvalue weighted by Gasteiger charge is 2.35. The molecular formula is C24H30N4O3. The van der Waals surface area contributed by atoms with Crippen LogP contribution in [-0.2, 0) is 16.1 Å². The van der Waals surface area contributed by atoms with E-state index in [-0.39, 0.29) is 18.0 Å². The van der Waals surface area contributed by atoms with E-state index in [1.807, 2.05) is 73.3 Å². The maximum atomic E-state index is 12.6. The van der Waals surface area contributed by atoms with Crippen LogP contribution in [0.15, 0.2) is 42.5 Å². The predicted octanol–water partition coefficient (Wildman–Crippen LogP) is 3.62. The van der Waals surface area contributed by atoms with Crippen LogP contribution in [0.2, 0.25) is 0 Å². The summed E-state index contributed by atoms with van der Waals surface area (Å²) < 4.78 is 5.42. The van der Waals surface area contributed by atoms with E-state index in [1.165, 1.54) is 0 Å². The number of nitrogens with one attached hydrogen (secondary N) is 1. The van der Waals surface area contributed by atoms with Crippen molar-refractivity contribution in [2.24, 2.45) is 0 Å². The molecule has 1 saturated heterocycles. The average molecular weight is 423 g/mol. The summed E-state index contributed by atoms with van der Waals surface area (Å²) in [5, 5.41) is 2.99. The van der Waals surface area contributed by atoms with Crippen molar-refractivity contribution in [2.75, 3.05) is 48.8 Å². The normalized spacial score (nSPS) is 17.1. The first-order chi connectivity index (χ1) is 14.9. The summed E-state index contributed by atoms with van der Waals surface area (Å²) in [6.07, 6.45) is 1.36. The minimum absolute atomic E-state index is 0.0204. The van der Waals surface area contributed by atoms with Crippen LogP contribution in [0, 0.1) is 6.92 Å². The van der Waals surface area contributed by atoms with Gasteiger partial charge in [0.15, 0.2) is 0 Å². The highest BCUT2D eigenvalue weighted by Crippen LogP contribution is 2.34. The standard InChI is InChI=1S/C24H30N4O3/c1-17-6-4-7-18-16-31-24(30)28(23(17)18)20-10-12-27(13-11-20)15-22(29)25-19-8-5-9-21(14-19)26(2)3/h4-9,14,20H,10-13,15-16H2,1-3H3,(H,25,29). The van der Waals surface area contributed by atoms with Crippen LogP contribution in [0.3, 0.4) is 0 Å². The van der Waals surface area contributed by atoms with Crippen LogP contribution >= 0.6 is 0 Å². The summed E-state index contributed by atoms with van der Waals surface area (Å²) in [5.41, 5.74) is 4.99. The van der Waals surface area contributed by atoms with Gasteiger partial charge in [0.05, 0.1) is 12.2 Å². The summed E-state index contributed by atoms with van der Waals surface area (Å²) in [7, 11) is 3.95. The van der Waals surface area contributed by atoms with Gasteiger partial charge in [0.1, 0.15) is 6.61 Å². The number of piperidine rings is 1. The third kappa shape index (κ3) is 4.66. The number of carbonyl (C=O) groups excluding carboxylic acids is 2. The molecule has 0 aromatic heterocycles. The van der Waals surface area contributed by atoms with Crippen molar-refractivity contribution < 1.29 is 14.3 Å². The van der Waals surface area contributed by atoms with Crippen LogP contribution in [0.1, 0.15) is 24.0 Å². The summed E-state index contributed by atoms with van der Waals surface area (Å²) >= 11 is 0. The number of rotatable bonds is 5. The van der Waals surface area contributed by atoms with E-state index in [2.05, 4.69) is 10.2 Å². The number of para-hydroxylation sites is 1. The Balaban J connectivity index is 1.35. The molecule has 2 aliphatic rings. The van der Waals surface area contributed by atoms with E-state index in [0.717, 1.165) is 54.1 Å². The van der Waals surface area contributed by atoms with Gasteiger partial charge in [-0.2, -0.15) is 0 Å². The fraction of sp³-hybridized carbons (Fsp3) is 0.417. The molecule has 31 heavy (non-hydrogen) atoms. The third-order valence-electron chi connectivity index (χ3n) is 6.05. The number of anilines is 3. The Morgan fingerprint density at radius 1 is 1.16 bits per heavy atom. The zero-order chi connectivity index (χ0) is 22.0. The van der Waals surface area contributed by atoms with Crippen molar-refractivity contribution in [1.82, 2.24) is 4.90 Å². The number of hydrogen-bond acceptors (Lipinski definition) is 5. The van der Waals surface area contributed by atoms with Crippen LogP contribution < -0.4 is 15.1 Å². The highest BCUT2D eigenvalue weighted by atomic mass is 16.6. The molecule has 2 amide bonds. The van der Waals surface area contributed by atoms with Gasteiger partial charge in [-0.3, -0.25) is 14.6 Å². The summed E-state index contributed by atoms with van der Waals surface area (Å²) in [6, 6.07) is 14.0. The molecule has 7 nitrogen and oxygen atoms in total. The van der Waals surface area contributed by atoms with E-state index in [4.69, 9.17) is 4.74 Å². The van der Waals surface area contributed by atoms with Crippen molar-refractivity contribution in [3.8, 4) is 0 Å². The first kappa shape index (κ1) is 21.2. The minimum atomic E-state index is -0.265. The van der Waals surface area contributed by atoms with Crippen LogP contribution in [-0.4, -0.2) is 56.7 Å². The smallest absolute Gasteiger partial charge is 0.414 e. The highest BCUT2D eigenvalue weighted by molar-refractivity contribution is 5.93. The van der Waals surface area contributed by atoms with Crippen molar-refractivity contribution in [3.05, 3.63) is 53.6 Å². The lowest BCUT2D eigenvalue weighted by Crippen LogP contribution is -2.50. The van der Waals surface area contributed by atoms with E-state index >= 15 is 0 Å². The number of amides is 2. The molecule has 4 rings (SSSR count). The third-order valence-corrected chi connectivity index (χ3v) is 6.05. The first-order valence-corrected chi connectivity index (χ1v) is 10.8. The molecule has 0 aliphatic carbocycles. The van der Waals surface area contributed by atoms with E-state index in [9.17, 15) is 9.59 Å². The number of cyclic esters (lactones) is 1. The van der Waals surface area contributed by atoms with Gasteiger partial charge in [0.2, 0.25) is 5.91 Å². The molecule has 2 aromatic carbocycles. The van der Waals surface area contributed by atoms with Crippen LogP contribution in [0.4, 0.5) is 21.9 Å². The first-order valence-electron chi connectivity index (χ1n) is 10.8. The van der Waals surface area contributed by atoms with Crippen LogP contribution in [0.5, 0.6) is 0 Å². The predicted molar refractivity (Wildman–Crippen MR) is 123 cm³/mol. The quantitative estimate of drug-likeness (QED) is 0.797. The Kier molecular flexibility index (Phi) is 6.13. The Bertz CT molecular complexity index is 967. The number of carbonyl (C=O) groups is 2. The van der Waals surface area contributed by atoms with Gasteiger partial charge in [0.25, 0.3) is 0 Å². The van der Waals surface area contributed by atoms with Crippen molar-refractivity contribution in [3.63, 3.8) is 0 Å². The average Bonchev–Trinajstić information content (AvgIpc) is 2.75. The summed E-state index contributed by atoms with van der Waals surface area (Å²) in [4.78, 5) is 31.1. The van der Waals surface area contributed by atoms with Gasteiger partial charge in [-0.25, -0.2) is 4.79 Å². The molecule has 2 heterocycles. The summed E-state index contributed by atoms with van der Waals surface area (Å²) in [5.74, 6) is -0.0204. The maximum Gasteiger partial charge on any atom is 0.414 e. The molecule has 0 unspecified atom stereocenters. The fourth-order valence-corrected chi connectivity index (χ4v) is 4.41. The van der Waals surface area contributed by atoms with Gasteiger partial charge >= 0.3 is 6.09 Å². The van der Waals surface area contributed by atoms with Crippen molar-refractivity contribution >= 4 is 29.1 Å². The second-order valence-electron chi connectivity index (χ2n) is 8.51. The number of fused-ring (bicyclic) bond motifs is 1. The van der Waals surface area contributed by atoms with E-state index < -0.39 is 0 Å². The number of nitrogens with zero attached hydrogens (tertiary/aromatic N) is 3. The summed E-state index contributed by atoms with van der Waals surface area (Å²) in [6.45, 7) is 4.25. The minimum Gasteiger partial charge on any atom is -0.444 e. The second kappa shape index (κ2) is 8.98. The lowest BCUT2D eigenvalue weighted by molar-refractivity contribution is -0.117. The monoisotopic (exact) mass is 422 g/mol. The van der Waals surface area contributed by atoms with Crippen molar-refractivity contribution in [1.29, 1.82) is 0 Å². The van der Waals surface area contributed by atoms with E-state index in [0.29, 0.717) is 13.2 Å². The van der Waals surface area contributed by atoms with Crippen LogP contribution in [0.25, 0.3) is 0 Å². The molecule has 0 spiro atoms. The largest absolute Gasteiger partial charge is 0.444 e. The number of likely N-dealkylation sites (tertiary alicyclic amines) is 1. The van der Waals surface area contributed by atoms with Gasteiger partial charge in [0, 0.05) is 50.2 Å². The molecule has 0 saturated carbocycles. The second-order valence-corrected chi connectivity index (χ2v) is 8.51. The zero-order valence-electron chi connectivity index (χ0n) is 18.4. The fourth-order valence-electron chi connectivity index (χ4n) is 4.41. The maximum absolute atomic E-state index is 12.6. The molecule has 0 radical (unpaired) electrons. The van der Waals surface area contributed by atoms with Gasteiger partial charge < -0.3 is 15.0 Å². The van der Waals surface area contributed by atoms with Crippen molar-refractivity contribution in [2.45, 2.75) is 32.4 Å².